The molecule has 18 heavy (non-hydrogen) atoms. The van der Waals surface area contributed by atoms with E-state index in [9.17, 15) is 9.18 Å². The number of ketones is 1. The van der Waals surface area contributed by atoms with Gasteiger partial charge in [-0.2, -0.15) is 0 Å². The van der Waals surface area contributed by atoms with Gasteiger partial charge in [0.2, 0.25) is 0 Å². The molecule has 1 atom stereocenters. The van der Waals surface area contributed by atoms with E-state index in [0.29, 0.717) is 6.42 Å². The number of halogens is 1. The number of benzene rings is 1. The van der Waals surface area contributed by atoms with E-state index in [-0.39, 0.29) is 17.6 Å². The van der Waals surface area contributed by atoms with Crippen LogP contribution in [0.25, 0.3) is 0 Å². The van der Waals surface area contributed by atoms with Crippen molar-refractivity contribution in [2.45, 2.75) is 12.5 Å². The summed E-state index contributed by atoms with van der Waals surface area (Å²) in [6.45, 7) is 5.03. The highest BCUT2D eigenvalue weighted by Crippen LogP contribution is 2.18. The van der Waals surface area contributed by atoms with Crippen molar-refractivity contribution in [1.82, 2.24) is 9.80 Å². The molecule has 0 aliphatic carbocycles. The average molecular weight is 248 g/mol. The number of nitrogens with zero attached hydrogens (tertiary/aromatic N) is 2. The zero-order valence-corrected chi connectivity index (χ0v) is 10.3. The number of carbonyl (C=O) groups excluding carboxylic acids is 1. The molecule has 0 N–H and O–H groups in total. The molecule has 3 fully saturated rings. The first-order chi connectivity index (χ1) is 8.72. The van der Waals surface area contributed by atoms with Gasteiger partial charge in [-0.3, -0.25) is 14.6 Å². The Kier molecular flexibility index (Phi) is 3.14. The zero-order chi connectivity index (χ0) is 12.5. The third-order valence-corrected chi connectivity index (χ3v) is 3.94. The highest BCUT2D eigenvalue weighted by Gasteiger charge is 2.35. The quantitative estimate of drug-likeness (QED) is 0.795. The lowest BCUT2D eigenvalue weighted by atomic mass is 9.98. The zero-order valence-electron chi connectivity index (χ0n) is 10.3. The first-order valence-corrected chi connectivity index (χ1v) is 6.46. The lowest BCUT2D eigenvalue weighted by Crippen LogP contribution is -2.63. The van der Waals surface area contributed by atoms with E-state index in [0.717, 1.165) is 38.3 Å². The Bertz CT molecular complexity index is 438. The predicted molar refractivity (Wildman–Crippen MR) is 66.9 cm³/mol. The fourth-order valence-corrected chi connectivity index (χ4v) is 2.84. The van der Waals surface area contributed by atoms with Crippen molar-refractivity contribution in [2.24, 2.45) is 0 Å². The van der Waals surface area contributed by atoms with Crippen LogP contribution in [0, 0.1) is 5.82 Å². The molecule has 3 saturated heterocycles. The van der Waals surface area contributed by atoms with Gasteiger partial charge in [-0.25, -0.2) is 4.39 Å². The smallest absolute Gasteiger partial charge is 0.155 e. The van der Waals surface area contributed by atoms with Crippen LogP contribution in [0.1, 0.15) is 5.56 Å². The first-order valence-electron chi connectivity index (χ1n) is 6.46. The number of Topliss-reactive ketones (excluding diaryl/α,β-unsaturated/α-hetero) is 1. The van der Waals surface area contributed by atoms with Crippen molar-refractivity contribution >= 4 is 5.78 Å². The molecule has 96 valence electrons. The highest BCUT2D eigenvalue weighted by molar-refractivity contribution is 5.86. The van der Waals surface area contributed by atoms with Gasteiger partial charge < -0.3 is 0 Å². The molecule has 1 aromatic rings. The second kappa shape index (κ2) is 4.78. The molecule has 3 aliphatic rings. The van der Waals surface area contributed by atoms with Crippen molar-refractivity contribution in [2.75, 3.05) is 32.7 Å². The van der Waals surface area contributed by atoms with E-state index in [2.05, 4.69) is 9.80 Å². The SMILES string of the molecule is O=C(Cc1ccc(F)cc1)C1CN2CCN1CC2. The molecule has 0 radical (unpaired) electrons. The van der Waals surface area contributed by atoms with E-state index < -0.39 is 0 Å². The molecule has 3 aliphatic heterocycles. The van der Waals surface area contributed by atoms with Crippen LogP contribution in [0.3, 0.4) is 0 Å². The number of hydrogen-bond acceptors (Lipinski definition) is 3. The maximum atomic E-state index is 12.8. The monoisotopic (exact) mass is 248 g/mol. The summed E-state index contributed by atoms with van der Waals surface area (Å²) in [5.41, 5.74) is 0.902. The Morgan fingerprint density at radius 1 is 1.17 bits per heavy atom. The largest absolute Gasteiger partial charge is 0.299 e. The van der Waals surface area contributed by atoms with Gasteiger partial charge in [-0.05, 0) is 17.7 Å². The third-order valence-electron chi connectivity index (χ3n) is 3.94. The summed E-state index contributed by atoms with van der Waals surface area (Å²) in [6, 6.07) is 6.27. The van der Waals surface area contributed by atoms with Crippen LogP contribution in [0.2, 0.25) is 0 Å². The van der Waals surface area contributed by atoms with Crippen molar-refractivity contribution in [3.8, 4) is 0 Å². The van der Waals surface area contributed by atoms with E-state index in [1.807, 2.05) is 0 Å². The number of carbonyl (C=O) groups is 1. The Labute approximate surface area is 106 Å². The second-order valence-corrected chi connectivity index (χ2v) is 5.12. The van der Waals surface area contributed by atoms with Gasteiger partial charge >= 0.3 is 0 Å². The number of piperazine rings is 3. The van der Waals surface area contributed by atoms with Crippen LogP contribution in [-0.4, -0.2) is 54.3 Å². The molecule has 0 saturated carbocycles. The van der Waals surface area contributed by atoms with Crippen molar-refractivity contribution < 1.29 is 9.18 Å². The first kappa shape index (κ1) is 11.8. The minimum Gasteiger partial charge on any atom is -0.299 e. The van der Waals surface area contributed by atoms with Crippen molar-refractivity contribution in [1.29, 1.82) is 0 Å². The predicted octanol–water partition coefficient (Wildman–Crippen LogP) is 0.937. The Balaban J connectivity index is 1.66. The molecule has 3 nitrogen and oxygen atoms in total. The minimum absolute atomic E-state index is 0.0394. The maximum absolute atomic E-state index is 12.8. The third kappa shape index (κ3) is 2.31. The molecule has 0 aromatic heterocycles. The van der Waals surface area contributed by atoms with E-state index in [4.69, 9.17) is 0 Å². The number of fused-ring (bicyclic) bond motifs is 3. The highest BCUT2D eigenvalue weighted by atomic mass is 19.1. The van der Waals surface area contributed by atoms with Gasteiger partial charge in [0.1, 0.15) is 5.82 Å². The topological polar surface area (TPSA) is 23.6 Å². The molecule has 2 bridgehead atoms. The van der Waals surface area contributed by atoms with Crippen LogP contribution in [0.5, 0.6) is 0 Å². The fraction of sp³-hybridized carbons (Fsp3) is 0.500. The van der Waals surface area contributed by atoms with Gasteiger partial charge in [0.15, 0.2) is 5.78 Å². The van der Waals surface area contributed by atoms with E-state index in [1.54, 1.807) is 12.1 Å². The Morgan fingerprint density at radius 2 is 1.83 bits per heavy atom. The molecular weight excluding hydrogens is 231 g/mol. The molecule has 3 heterocycles. The number of hydrogen-bond donors (Lipinski definition) is 0. The molecule has 0 amide bonds. The van der Waals surface area contributed by atoms with Crippen molar-refractivity contribution in [3.63, 3.8) is 0 Å². The molecule has 1 aromatic carbocycles. The van der Waals surface area contributed by atoms with Crippen LogP contribution in [-0.2, 0) is 11.2 Å². The van der Waals surface area contributed by atoms with Crippen LogP contribution in [0.4, 0.5) is 4.39 Å². The van der Waals surface area contributed by atoms with Crippen LogP contribution >= 0.6 is 0 Å². The molecule has 1 unspecified atom stereocenters. The van der Waals surface area contributed by atoms with Gasteiger partial charge in [-0.15, -0.1) is 0 Å². The molecular formula is C14H17FN2O. The lowest BCUT2D eigenvalue weighted by Gasteiger charge is -2.46. The van der Waals surface area contributed by atoms with Gasteiger partial charge in [0.25, 0.3) is 0 Å². The van der Waals surface area contributed by atoms with Gasteiger partial charge in [0.05, 0.1) is 6.04 Å². The summed E-state index contributed by atoms with van der Waals surface area (Å²) in [7, 11) is 0. The van der Waals surface area contributed by atoms with Crippen LogP contribution < -0.4 is 0 Å². The van der Waals surface area contributed by atoms with Crippen molar-refractivity contribution in [3.05, 3.63) is 35.6 Å². The Hall–Kier alpha value is -1.26. The minimum atomic E-state index is -0.252. The summed E-state index contributed by atoms with van der Waals surface area (Å²) >= 11 is 0. The Morgan fingerprint density at radius 3 is 2.39 bits per heavy atom. The average Bonchev–Trinajstić information content (AvgIpc) is 2.42. The summed E-state index contributed by atoms with van der Waals surface area (Å²) in [5, 5.41) is 0. The normalized spacial score (nSPS) is 30.4. The van der Waals surface area contributed by atoms with E-state index in [1.165, 1.54) is 12.1 Å². The van der Waals surface area contributed by atoms with Crippen LogP contribution in [0.15, 0.2) is 24.3 Å². The lowest BCUT2D eigenvalue weighted by molar-refractivity contribution is -0.128. The van der Waals surface area contributed by atoms with Gasteiger partial charge in [-0.1, -0.05) is 12.1 Å². The standard InChI is InChI=1S/C14H17FN2O/c15-12-3-1-11(2-4-12)9-14(18)13-10-16-5-7-17(13)8-6-16/h1-4,13H,5-10H2. The molecule has 4 heteroatoms. The summed E-state index contributed by atoms with van der Waals surface area (Å²) < 4.78 is 12.8. The fourth-order valence-electron chi connectivity index (χ4n) is 2.84. The molecule has 0 spiro atoms. The summed E-state index contributed by atoms with van der Waals surface area (Å²) in [4.78, 5) is 16.9. The second-order valence-electron chi connectivity index (χ2n) is 5.12. The van der Waals surface area contributed by atoms with Gasteiger partial charge in [0, 0.05) is 39.1 Å². The van der Waals surface area contributed by atoms with E-state index >= 15 is 0 Å². The summed E-state index contributed by atoms with van der Waals surface area (Å²) in [5.74, 6) is 0.00351. The maximum Gasteiger partial charge on any atom is 0.155 e. The number of rotatable bonds is 3. The summed E-state index contributed by atoms with van der Waals surface area (Å²) in [6.07, 6.45) is 0.412. The molecule has 4 rings (SSSR count).